The largest absolute Gasteiger partial charge is 0.396 e. The lowest BCUT2D eigenvalue weighted by atomic mass is 9.92. The first-order valence-corrected chi connectivity index (χ1v) is 5.05. The molecule has 0 spiro atoms. The van der Waals surface area contributed by atoms with Crippen LogP contribution in [0.3, 0.4) is 0 Å². The topological polar surface area (TPSA) is 63.9 Å². The van der Waals surface area contributed by atoms with Crippen molar-refractivity contribution >= 4 is 0 Å². The number of aliphatic hydroxyl groups excluding tert-OH is 3. The van der Waals surface area contributed by atoms with Gasteiger partial charge in [-0.2, -0.15) is 0 Å². The zero-order valence-electron chi connectivity index (χ0n) is 9.40. The third-order valence-electron chi connectivity index (χ3n) is 2.47. The maximum atomic E-state index is 9.14. The quantitative estimate of drug-likeness (QED) is 0.533. The van der Waals surface area contributed by atoms with Crippen molar-refractivity contribution in [3.63, 3.8) is 0 Å². The van der Waals surface area contributed by atoms with Crippen LogP contribution in [-0.4, -0.2) is 59.2 Å². The van der Waals surface area contributed by atoms with Gasteiger partial charge in [-0.1, -0.05) is 6.92 Å². The van der Waals surface area contributed by atoms with E-state index in [1.54, 1.807) is 0 Å². The highest BCUT2D eigenvalue weighted by atomic mass is 16.3. The molecule has 0 aliphatic carbocycles. The van der Waals surface area contributed by atoms with Crippen LogP contribution < -0.4 is 0 Å². The summed E-state index contributed by atoms with van der Waals surface area (Å²) in [6.07, 6.45) is 0. The van der Waals surface area contributed by atoms with E-state index in [0.29, 0.717) is 19.1 Å². The first-order valence-electron chi connectivity index (χ1n) is 5.05. The molecular weight excluding hydrogens is 182 g/mol. The number of aliphatic hydroxyl groups is 3. The molecule has 3 N–H and O–H groups in total. The first kappa shape index (κ1) is 13.8. The molecule has 4 nitrogen and oxygen atoms in total. The van der Waals surface area contributed by atoms with Crippen molar-refractivity contribution in [3.05, 3.63) is 0 Å². The molecular formula is C10H23NO3. The van der Waals surface area contributed by atoms with E-state index >= 15 is 0 Å². The summed E-state index contributed by atoms with van der Waals surface area (Å²) in [5.74, 6) is 0. The first-order chi connectivity index (χ1) is 6.49. The summed E-state index contributed by atoms with van der Waals surface area (Å²) in [5, 5.41) is 27.1. The molecule has 0 amide bonds. The van der Waals surface area contributed by atoms with Crippen molar-refractivity contribution in [2.45, 2.75) is 26.8 Å². The lowest BCUT2D eigenvalue weighted by Gasteiger charge is -2.34. The van der Waals surface area contributed by atoms with Crippen LogP contribution in [0.15, 0.2) is 0 Å². The third-order valence-corrected chi connectivity index (χ3v) is 2.47. The number of hydrogen-bond donors (Lipinski definition) is 3. The summed E-state index contributed by atoms with van der Waals surface area (Å²) in [6, 6.07) is 0.305. The van der Waals surface area contributed by atoms with Gasteiger partial charge in [-0.15, -0.1) is 0 Å². The Labute approximate surface area is 86.2 Å². The molecule has 14 heavy (non-hydrogen) atoms. The molecule has 0 radical (unpaired) electrons. The van der Waals surface area contributed by atoms with Crippen molar-refractivity contribution in [2.24, 2.45) is 5.41 Å². The molecule has 86 valence electrons. The predicted molar refractivity (Wildman–Crippen MR) is 56.1 cm³/mol. The van der Waals surface area contributed by atoms with Gasteiger partial charge in [0.15, 0.2) is 0 Å². The van der Waals surface area contributed by atoms with Gasteiger partial charge in [0.05, 0.1) is 19.8 Å². The lowest BCUT2D eigenvalue weighted by Crippen LogP contribution is -2.44. The summed E-state index contributed by atoms with van der Waals surface area (Å²) in [4.78, 5) is 2.05. The number of hydrogen-bond acceptors (Lipinski definition) is 4. The molecule has 0 fully saturated rings. The van der Waals surface area contributed by atoms with E-state index in [1.165, 1.54) is 0 Å². The van der Waals surface area contributed by atoms with E-state index in [9.17, 15) is 0 Å². The molecule has 0 aromatic rings. The van der Waals surface area contributed by atoms with Crippen molar-refractivity contribution in [1.29, 1.82) is 0 Å². The molecule has 4 heteroatoms. The monoisotopic (exact) mass is 205 g/mol. The average Bonchev–Trinajstić information content (AvgIpc) is 2.17. The van der Waals surface area contributed by atoms with Gasteiger partial charge in [0, 0.05) is 24.5 Å². The Morgan fingerprint density at radius 3 is 1.93 bits per heavy atom. The van der Waals surface area contributed by atoms with Crippen LogP contribution in [0.5, 0.6) is 0 Å². The molecule has 0 saturated heterocycles. The molecule has 0 bridgehead atoms. The molecule has 0 aliphatic rings. The highest BCUT2D eigenvalue weighted by Gasteiger charge is 2.26. The second kappa shape index (κ2) is 6.35. The molecule has 0 aromatic heterocycles. The SMILES string of the molecule is CC(C)N(CCO)CC(C)(CO)CO. The standard InChI is InChI=1S/C10H23NO3/c1-9(2)11(4-5-12)6-10(3,7-13)8-14/h9,12-14H,4-8H2,1-3H3. The van der Waals surface area contributed by atoms with Gasteiger partial charge < -0.3 is 15.3 Å². The number of nitrogens with zero attached hydrogens (tertiary/aromatic N) is 1. The van der Waals surface area contributed by atoms with Gasteiger partial charge in [-0.05, 0) is 13.8 Å². The molecule has 0 rings (SSSR count). The van der Waals surface area contributed by atoms with Crippen molar-refractivity contribution < 1.29 is 15.3 Å². The minimum atomic E-state index is -0.487. The van der Waals surface area contributed by atoms with Crippen molar-refractivity contribution in [2.75, 3.05) is 32.9 Å². The van der Waals surface area contributed by atoms with Crippen molar-refractivity contribution in [3.8, 4) is 0 Å². The minimum absolute atomic E-state index is 0.0435. The smallest absolute Gasteiger partial charge is 0.0558 e. The summed E-state index contributed by atoms with van der Waals surface area (Å²) in [5.41, 5.74) is -0.487. The Bertz CT molecular complexity index is 146. The van der Waals surface area contributed by atoms with E-state index in [2.05, 4.69) is 0 Å². The van der Waals surface area contributed by atoms with Crippen LogP contribution >= 0.6 is 0 Å². The minimum Gasteiger partial charge on any atom is -0.396 e. The van der Waals surface area contributed by atoms with Crippen molar-refractivity contribution in [1.82, 2.24) is 4.90 Å². The summed E-state index contributed by atoms with van der Waals surface area (Å²) < 4.78 is 0. The van der Waals surface area contributed by atoms with Gasteiger partial charge in [-0.3, -0.25) is 4.90 Å². The second-order valence-corrected chi connectivity index (χ2v) is 4.41. The fraction of sp³-hybridized carbons (Fsp3) is 1.00. The molecule has 0 atom stereocenters. The Balaban J connectivity index is 4.25. The zero-order valence-corrected chi connectivity index (χ0v) is 9.40. The molecule has 0 saturated carbocycles. The Hall–Kier alpha value is -0.160. The Morgan fingerprint density at radius 2 is 1.64 bits per heavy atom. The van der Waals surface area contributed by atoms with Gasteiger partial charge in [0.2, 0.25) is 0 Å². The summed E-state index contributed by atoms with van der Waals surface area (Å²) in [6.45, 7) is 7.09. The molecule has 0 heterocycles. The van der Waals surface area contributed by atoms with E-state index in [-0.39, 0.29) is 19.8 Å². The zero-order chi connectivity index (χ0) is 11.2. The summed E-state index contributed by atoms with van der Waals surface area (Å²) >= 11 is 0. The molecule has 0 aromatic carbocycles. The van der Waals surface area contributed by atoms with Gasteiger partial charge >= 0.3 is 0 Å². The fourth-order valence-corrected chi connectivity index (χ4v) is 1.29. The highest BCUT2D eigenvalue weighted by Crippen LogP contribution is 2.17. The van der Waals surface area contributed by atoms with Crippen LogP contribution in [0.2, 0.25) is 0 Å². The second-order valence-electron chi connectivity index (χ2n) is 4.41. The average molecular weight is 205 g/mol. The molecule has 0 unspecified atom stereocenters. The highest BCUT2D eigenvalue weighted by molar-refractivity contribution is 4.78. The van der Waals surface area contributed by atoms with Crippen LogP contribution in [0.1, 0.15) is 20.8 Å². The predicted octanol–water partition coefficient (Wildman–Crippen LogP) is -0.320. The van der Waals surface area contributed by atoms with E-state index in [4.69, 9.17) is 15.3 Å². The normalized spacial score (nSPS) is 12.9. The number of rotatable bonds is 7. The van der Waals surface area contributed by atoms with Crippen LogP contribution in [0.4, 0.5) is 0 Å². The van der Waals surface area contributed by atoms with Gasteiger partial charge in [-0.25, -0.2) is 0 Å². The third kappa shape index (κ3) is 4.37. The van der Waals surface area contributed by atoms with Crippen LogP contribution in [0, 0.1) is 5.41 Å². The maximum Gasteiger partial charge on any atom is 0.0558 e. The van der Waals surface area contributed by atoms with E-state index < -0.39 is 5.41 Å². The Kier molecular flexibility index (Phi) is 6.27. The van der Waals surface area contributed by atoms with Gasteiger partial charge in [0.1, 0.15) is 0 Å². The summed E-state index contributed by atoms with van der Waals surface area (Å²) in [7, 11) is 0. The van der Waals surface area contributed by atoms with Gasteiger partial charge in [0.25, 0.3) is 0 Å². The van der Waals surface area contributed by atoms with Crippen LogP contribution in [-0.2, 0) is 0 Å². The van der Waals surface area contributed by atoms with E-state index in [1.807, 2.05) is 25.7 Å². The van der Waals surface area contributed by atoms with Crippen LogP contribution in [0.25, 0.3) is 0 Å². The Morgan fingerprint density at radius 1 is 1.14 bits per heavy atom. The lowest BCUT2D eigenvalue weighted by molar-refractivity contribution is 0.0208. The van der Waals surface area contributed by atoms with E-state index in [0.717, 1.165) is 0 Å². The maximum absolute atomic E-state index is 9.14. The molecule has 0 aliphatic heterocycles. The fourth-order valence-electron chi connectivity index (χ4n) is 1.29.